The first-order valence-corrected chi connectivity index (χ1v) is 6.64. The Balaban J connectivity index is 2.15. The molecule has 4 heteroatoms. The van der Waals surface area contributed by atoms with Gasteiger partial charge in [-0.2, -0.15) is 0 Å². The second-order valence-corrected chi connectivity index (χ2v) is 5.18. The summed E-state index contributed by atoms with van der Waals surface area (Å²) in [6, 6.07) is 12.9. The van der Waals surface area contributed by atoms with Gasteiger partial charge in [0.2, 0.25) is 0 Å². The van der Waals surface area contributed by atoms with Gasteiger partial charge in [-0.25, -0.2) is 4.39 Å². The monoisotopic (exact) mass is 321 g/mol. The maximum atomic E-state index is 13.6. The second kappa shape index (κ2) is 6.08. The highest BCUT2D eigenvalue weighted by atomic mass is 79.9. The van der Waals surface area contributed by atoms with Gasteiger partial charge in [-0.1, -0.05) is 46.3 Å². The highest BCUT2D eigenvalue weighted by molar-refractivity contribution is 9.10. The zero-order valence-electron chi connectivity index (χ0n) is 10.1. The van der Waals surface area contributed by atoms with Crippen LogP contribution in [0.4, 0.5) is 4.39 Å². The van der Waals surface area contributed by atoms with Gasteiger partial charge in [0, 0.05) is 10.9 Å². The zero-order chi connectivity index (χ0) is 13.8. The minimum atomic E-state index is -0.723. The van der Waals surface area contributed by atoms with E-state index in [1.54, 1.807) is 24.3 Å². The van der Waals surface area contributed by atoms with Gasteiger partial charge < -0.3 is 5.73 Å². The quantitative estimate of drug-likeness (QED) is 0.937. The van der Waals surface area contributed by atoms with E-state index in [9.17, 15) is 9.18 Å². The van der Waals surface area contributed by atoms with Crippen molar-refractivity contribution in [3.8, 4) is 0 Å². The summed E-state index contributed by atoms with van der Waals surface area (Å²) in [4.78, 5) is 12.1. The van der Waals surface area contributed by atoms with Crippen molar-refractivity contribution in [1.29, 1.82) is 0 Å². The van der Waals surface area contributed by atoms with E-state index < -0.39 is 11.9 Å². The van der Waals surface area contributed by atoms with E-state index in [0.717, 1.165) is 10.0 Å². The number of nitrogens with two attached hydrogens (primary N) is 1. The zero-order valence-corrected chi connectivity index (χ0v) is 11.7. The van der Waals surface area contributed by atoms with Gasteiger partial charge in [-0.05, 0) is 29.3 Å². The standard InChI is InChI=1S/C15H13BrFNO/c16-12-6-7-13(17)11(8-12)9-14(19)15(18)10-4-2-1-3-5-10/h1-8,15H,9,18H2/t15-/m1/s1. The fraction of sp³-hybridized carbons (Fsp3) is 0.133. The minimum absolute atomic E-state index is 0.0126. The van der Waals surface area contributed by atoms with Crippen molar-refractivity contribution in [2.45, 2.75) is 12.5 Å². The van der Waals surface area contributed by atoms with Crippen LogP contribution in [0.15, 0.2) is 53.0 Å². The van der Waals surface area contributed by atoms with Crippen LogP contribution in [0.3, 0.4) is 0 Å². The molecule has 0 aliphatic carbocycles. The normalized spacial score (nSPS) is 12.2. The van der Waals surface area contributed by atoms with E-state index in [1.165, 1.54) is 6.07 Å². The van der Waals surface area contributed by atoms with Crippen LogP contribution in [0.2, 0.25) is 0 Å². The molecular formula is C15H13BrFNO. The predicted molar refractivity (Wildman–Crippen MR) is 76.2 cm³/mol. The Morgan fingerprint density at radius 2 is 1.89 bits per heavy atom. The van der Waals surface area contributed by atoms with Crippen molar-refractivity contribution in [2.24, 2.45) is 5.73 Å². The first-order chi connectivity index (χ1) is 9.08. The van der Waals surface area contributed by atoms with Gasteiger partial charge in [0.15, 0.2) is 5.78 Å². The Kier molecular flexibility index (Phi) is 4.45. The molecule has 2 rings (SSSR count). The number of ketones is 1. The Morgan fingerprint density at radius 1 is 1.21 bits per heavy atom. The molecule has 0 amide bonds. The Bertz CT molecular complexity index is 586. The van der Waals surface area contributed by atoms with Crippen LogP contribution >= 0.6 is 15.9 Å². The molecule has 2 N–H and O–H groups in total. The van der Waals surface area contributed by atoms with Gasteiger partial charge in [0.05, 0.1) is 6.04 Å². The van der Waals surface area contributed by atoms with Crippen LogP contribution in [0.1, 0.15) is 17.2 Å². The van der Waals surface area contributed by atoms with Crippen LogP contribution in [0.5, 0.6) is 0 Å². The third kappa shape index (κ3) is 3.49. The van der Waals surface area contributed by atoms with Crippen molar-refractivity contribution in [3.05, 3.63) is 69.9 Å². The summed E-state index contributed by atoms with van der Waals surface area (Å²) < 4.78 is 14.3. The molecule has 2 nitrogen and oxygen atoms in total. The van der Waals surface area contributed by atoms with E-state index in [-0.39, 0.29) is 12.2 Å². The van der Waals surface area contributed by atoms with Gasteiger partial charge in [-0.15, -0.1) is 0 Å². The predicted octanol–water partition coefficient (Wildman–Crippen LogP) is 3.40. The van der Waals surface area contributed by atoms with E-state index in [0.29, 0.717) is 5.56 Å². The van der Waals surface area contributed by atoms with Crippen LogP contribution in [-0.2, 0) is 11.2 Å². The molecule has 2 aromatic rings. The number of benzene rings is 2. The number of rotatable bonds is 4. The van der Waals surface area contributed by atoms with E-state index in [4.69, 9.17) is 5.73 Å². The number of hydrogen-bond donors (Lipinski definition) is 1. The molecule has 19 heavy (non-hydrogen) atoms. The highest BCUT2D eigenvalue weighted by Crippen LogP contribution is 2.19. The molecule has 0 radical (unpaired) electrons. The molecule has 1 atom stereocenters. The molecule has 98 valence electrons. The van der Waals surface area contributed by atoms with Crippen molar-refractivity contribution in [3.63, 3.8) is 0 Å². The highest BCUT2D eigenvalue weighted by Gasteiger charge is 2.17. The molecule has 0 unspecified atom stereocenters. The van der Waals surface area contributed by atoms with Gasteiger partial charge in [-0.3, -0.25) is 4.79 Å². The third-order valence-corrected chi connectivity index (χ3v) is 3.37. The number of hydrogen-bond acceptors (Lipinski definition) is 2. The Labute approximate surface area is 119 Å². The lowest BCUT2D eigenvalue weighted by molar-refractivity contribution is -0.119. The van der Waals surface area contributed by atoms with E-state index >= 15 is 0 Å². The molecule has 0 fully saturated rings. The average Bonchev–Trinajstić information content (AvgIpc) is 2.43. The summed E-state index contributed by atoms with van der Waals surface area (Å²) in [5.74, 6) is -0.597. The van der Waals surface area contributed by atoms with Crippen LogP contribution < -0.4 is 5.73 Å². The van der Waals surface area contributed by atoms with Crippen molar-refractivity contribution >= 4 is 21.7 Å². The molecule has 0 heterocycles. The summed E-state index contributed by atoms with van der Waals surface area (Å²) in [5, 5.41) is 0. The second-order valence-electron chi connectivity index (χ2n) is 4.27. The molecule has 0 spiro atoms. The molecular weight excluding hydrogens is 309 g/mol. The number of carbonyl (C=O) groups is 1. The van der Waals surface area contributed by atoms with Crippen molar-refractivity contribution < 1.29 is 9.18 Å². The van der Waals surface area contributed by atoms with Crippen molar-refractivity contribution in [2.75, 3.05) is 0 Å². The van der Waals surface area contributed by atoms with Crippen LogP contribution in [-0.4, -0.2) is 5.78 Å². The van der Waals surface area contributed by atoms with E-state index in [2.05, 4.69) is 15.9 Å². The minimum Gasteiger partial charge on any atom is -0.318 e. The van der Waals surface area contributed by atoms with Gasteiger partial charge in [0.25, 0.3) is 0 Å². The number of carbonyl (C=O) groups excluding carboxylic acids is 1. The van der Waals surface area contributed by atoms with Gasteiger partial charge in [0.1, 0.15) is 5.82 Å². The van der Waals surface area contributed by atoms with Crippen LogP contribution in [0.25, 0.3) is 0 Å². The smallest absolute Gasteiger partial charge is 0.158 e. The Hall–Kier alpha value is -1.52. The molecule has 0 saturated heterocycles. The molecule has 0 saturated carbocycles. The first-order valence-electron chi connectivity index (χ1n) is 5.85. The summed E-state index contributed by atoms with van der Waals surface area (Å²) in [6.07, 6.45) is -0.0126. The topological polar surface area (TPSA) is 43.1 Å². The molecule has 2 aromatic carbocycles. The maximum absolute atomic E-state index is 13.6. The lowest BCUT2D eigenvalue weighted by Gasteiger charge is -2.11. The van der Waals surface area contributed by atoms with Crippen molar-refractivity contribution in [1.82, 2.24) is 0 Å². The van der Waals surface area contributed by atoms with E-state index in [1.807, 2.05) is 18.2 Å². The largest absolute Gasteiger partial charge is 0.318 e. The summed E-state index contributed by atoms with van der Waals surface area (Å²) in [7, 11) is 0. The fourth-order valence-corrected chi connectivity index (χ4v) is 2.23. The SMILES string of the molecule is N[C@@H](C(=O)Cc1cc(Br)ccc1F)c1ccccc1. The average molecular weight is 322 g/mol. The fourth-order valence-electron chi connectivity index (χ4n) is 1.82. The lowest BCUT2D eigenvalue weighted by Crippen LogP contribution is -2.23. The number of halogens is 2. The summed E-state index contributed by atoms with van der Waals surface area (Å²) in [5.41, 5.74) is 6.98. The first kappa shape index (κ1) is 13.9. The van der Waals surface area contributed by atoms with Gasteiger partial charge >= 0.3 is 0 Å². The molecule has 0 aliphatic rings. The third-order valence-electron chi connectivity index (χ3n) is 2.88. The summed E-state index contributed by atoms with van der Waals surface area (Å²) >= 11 is 3.26. The van der Waals surface area contributed by atoms with Crippen LogP contribution in [0, 0.1) is 5.82 Å². The molecule has 0 aliphatic heterocycles. The molecule has 0 aromatic heterocycles. The molecule has 0 bridgehead atoms. The maximum Gasteiger partial charge on any atom is 0.158 e. The summed E-state index contributed by atoms with van der Waals surface area (Å²) in [6.45, 7) is 0. The number of Topliss-reactive ketones (excluding diaryl/α,β-unsaturated/α-hetero) is 1. The Morgan fingerprint density at radius 3 is 2.58 bits per heavy atom. The lowest BCUT2D eigenvalue weighted by atomic mass is 9.98.